The Hall–Kier alpha value is -2.17. The maximum atomic E-state index is 14.2. The van der Waals surface area contributed by atoms with Crippen molar-refractivity contribution in [2.24, 2.45) is 0 Å². The van der Waals surface area contributed by atoms with Crippen LogP contribution >= 0.6 is 0 Å². The zero-order chi connectivity index (χ0) is 20.6. The molecule has 1 fully saturated rings. The maximum Gasteiger partial charge on any atom is 0.243 e. The third-order valence-corrected chi connectivity index (χ3v) is 9.11. The van der Waals surface area contributed by atoms with Crippen molar-refractivity contribution in [3.05, 3.63) is 53.8 Å². The summed E-state index contributed by atoms with van der Waals surface area (Å²) in [7, 11) is -7.66. The van der Waals surface area contributed by atoms with Gasteiger partial charge in [0.1, 0.15) is 19.0 Å². The summed E-state index contributed by atoms with van der Waals surface area (Å²) < 4.78 is 77.9. The van der Waals surface area contributed by atoms with Crippen LogP contribution in [-0.4, -0.2) is 53.2 Å². The molecular formula is C19H20FNO6S2. The number of sulfone groups is 1. The van der Waals surface area contributed by atoms with Crippen molar-refractivity contribution >= 4 is 19.9 Å². The fraction of sp³-hybridized carbons (Fsp3) is 0.368. The molecule has 0 radical (unpaired) electrons. The summed E-state index contributed by atoms with van der Waals surface area (Å²) >= 11 is 0. The molecule has 0 aliphatic carbocycles. The molecule has 0 N–H and O–H groups in total. The lowest BCUT2D eigenvalue weighted by atomic mass is 10.1. The van der Waals surface area contributed by atoms with E-state index in [9.17, 15) is 21.2 Å². The number of rotatable bonds is 3. The average molecular weight is 442 g/mol. The van der Waals surface area contributed by atoms with Gasteiger partial charge in [0.15, 0.2) is 21.3 Å². The maximum absolute atomic E-state index is 14.2. The average Bonchev–Trinajstić information content (AvgIpc) is 2.86. The summed E-state index contributed by atoms with van der Waals surface area (Å²) in [6.45, 7) is 0.488. The Labute approximate surface area is 169 Å². The van der Waals surface area contributed by atoms with Gasteiger partial charge >= 0.3 is 0 Å². The molecule has 0 spiro atoms. The molecule has 2 aromatic carbocycles. The van der Waals surface area contributed by atoms with Gasteiger partial charge in [-0.15, -0.1) is 0 Å². The standard InChI is InChI=1S/C19H20FNO6S2/c20-16-4-2-1-3-15(16)19-7-8-21(9-12-28(19,22)23)29(24,25)14-5-6-17-18(13-14)27-11-10-26-17/h1-6,13,19H,7-12H2/t19-/m1/s1. The molecule has 7 nitrogen and oxygen atoms in total. The van der Waals surface area contributed by atoms with Gasteiger partial charge in [-0.25, -0.2) is 21.2 Å². The van der Waals surface area contributed by atoms with Crippen LogP contribution in [0.25, 0.3) is 0 Å². The van der Waals surface area contributed by atoms with E-state index in [1.165, 1.54) is 36.4 Å². The quantitative estimate of drug-likeness (QED) is 0.725. The van der Waals surface area contributed by atoms with Crippen LogP contribution in [0, 0.1) is 5.82 Å². The van der Waals surface area contributed by atoms with E-state index >= 15 is 0 Å². The molecule has 156 valence electrons. The highest BCUT2D eigenvalue weighted by atomic mass is 32.2. The summed E-state index contributed by atoms with van der Waals surface area (Å²) in [4.78, 5) is 0.00323. The van der Waals surface area contributed by atoms with Crippen molar-refractivity contribution in [3.8, 4) is 11.5 Å². The minimum absolute atomic E-state index is 0.00323. The van der Waals surface area contributed by atoms with Crippen LogP contribution < -0.4 is 9.47 Å². The molecule has 29 heavy (non-hydrogen) atoms. The Bertz CT molecular complexity index is 1130. The number of nitrogens with zero attached hydrogens (tertiary/aromatic N) is 1. The van der Waals surface area contributed by atoms with E-state index in [1.807, 2.05) is 0 Å². The molecule has 0 amide bonds. The minimum atomic E-state index is -3.95. The zero-order valence-corrected chi connectivity index (χ0v) is 17.1. The van der Waals surface area contributed by atoms with Crippen LogP contribution in [0.5, 0.6) is 11.5 Å². The van der Waals surface area contributed by atoms with Crippen molar-refractivity contribution in [1.29, 1.82) is 0 Å². The Balaban J connectivity index is 1.63. The van der Waals surface area contributed by atoms with Crippen molar-refractivity contribution in [3.63, 3.8) is 0 Å². The van der Waals surface area contributed by atoms with Crippen molar-refractivity contribution < 1.29 is 30.7 Å². The molecule has 10 heteroatoms. The predicted molar refractivity (Wildman–Crippen MR) is 104 cm³/mol. The number of ether oxygens (including phenoxy) is 2. The van der Waals surface area contributed by atoms with E-state index < -0.39 is 30.9 Å². The second-order valence-electron chi connectivity index (χ2n) is 6.88. The molecule has 2 heterocycles. The fourth-order valence-corrected chi connectivity index (χ4v) is 6.97. The smallest absolute Gasteiger partial charge is 0.243 e. The van der Waals surface area contributed by atoms with Gasteiger partial charge in [-0.2, -0.15) is 4.31 Å². The van der Waals surface area contributed by atoms with Crippen molar-refractivity contribution in [2.75, 3.05) is 32.1 Å². The molecule has 4 rings (SSSR count). The van der Waals surface area contributed by atoms with Gasteiger partial charge in [0.25, 0.3) is 0 Å². The molecule has 0 aromatic heterocycles. The first-order valence-electron chi connectivity index (χ1n) is 9.15. The number of sulfonamides is 1. The van der Waals surface area contributed by atoms with Gasteiger partial charge in [-0.1, -0.05) is 18.2 Å². The van der Waals surface area contributed by atoms with E-state index in [2.05, 4.69) is 0 Å². The SMILES string of the molecule is O=S1(=O)CCN(S(=O)(=O)c2ccc3c(c2)OCCO3)CC[C@@H]1c1ccccc1F. The van der Waals surface area contributed by atoms with Crippen molar-refractivity contribution in [2.45, 2.75) is 16.6 Å². The highest BCUT2D eigenvalue weighted by Gasteiger charge is 2.37. The predicted octanol–water partition coefficient (Wildman–Crippen LogP) is 2.15. The molecule has 0 unspecified atom stereocenters. The second kappa shape index (κ2) is 7.58. The number of hydrogen-bond acceptors (Lipinski definition) is 6. The van der Waals surface area contributed by atoms with Gasteiger partial charge in [-0.05, 0) is 24.6 Å². The normalized spacial score (nSPS) is 22.0. The van der Waals surface area contributed by atoms with Crippen LogP contribution in [0.3, 0.4) is 0 Å². The summed E-state index contributed by atoms with van der Waals surface area (Å²) in [5, 5.41) is -1.08. The number of fused-ring (bicyclic) bond motifs is 1. The highest BCUT2D eigenvalue weighted by Crippen LogP contribution is 2.35. The van der Waals surface area contributed by atoms with Gasteiger partial charge < -0.3 is 9.47 Å². The Morgan fingerprint density at radius 2 is 1.72 bits per heavy atom. The Morgan fingerprint density at radius 1 is 1.00 bits per heavy atom. The van der Waals surface area contributed by atoms with Crippen LogP contribution in [0.15, 0.2) is 47.4 Å². The second-order valence-corrected chi connectivity index (χ2v) is 11.1. The van der Waals surface area contributed by atoms with Crippen LogP contribution in [0.1, 0.15) is 17.2 Å². The Kier molecular flexibility index (Phi) is 5.26. The topological polar surface area (TPSA) is 90.0 Å². The van der Waals surface area contributed by atoms with Crippen LogP contribution in [0.2, 0.25) is 0 Å². The van der Waals surface area contributed by atoms with Gasteiger partial charge in [0.05, 0.1) is 15.9 Å². The molecular weight excluding hydrogens is 421 g/mol. The molecule has 0 bridgehead atoms. The number of halogens is 1. The summed E-state index contributed by atoms with van der Waals surface area (Å²) in [5.74, 6) is -0.183. The molecule has 0 saturated carbocycles. The summed E-state index contributed by atoms with van der Waals surface area (Å²) in [5.41, 5.74) is 0.0751. The lowest BCUT2D eigenvalue weighted by Gasteiger charge is -2.22. The highest BCUT2D eigenvalue weighted by molar-refractivity contribution is 7.92. The van der Waals surface area contributed by atoms with E-state index in [0.717, 1.165) is 4.31 Å². The van der Waals surface area contributed by atoms with E-state index in [0.29, 0.717) is 24.7 Å². The summed E-state index contributed by atoms with van der Waals surface area (Å²) in [6, 6.07) is 10.0. The van der Waals surface area contributed by atoms with E-state index in [4.69, 9.17) is 9.47 Å². The van der Waals surface area contributed by atoms with Gasteiger partial charge in [0, 0.05) is 24.7 Å². The van der Waals surface area contributed by atoms with Crippen LogP contribution in [0.4, 0.5) is 4.39 Å². The molecule has 1 saturated heterocycles. The monoisotopic (exact) mass is 441 g/mol. The fourth-order valence-electron chi connectivity index (χ4n) is 3.58. The first-order valence-corrected chi connectivity index (χ1v) is 12.3. The molecule has 1 atom stereocenters. The summed E-state index contributed by atoms with van der Waals surface area (Å²) in [6.07, 6.45) is -0.0208. The largest absolute Gasteiger partial charge is 0.486 e. The lowest BCUT2D eigenvalue weighted by Crippen LogP contribution is -2.33. The molecule has 2 aliphatic heterocycles. The van der Waals surface area contributed by atoms with Gasteiger partial charge in [0.2, 0.25) is 10.0 Å². The van der Waals surface area contributed by atoms with Crippen LogP contribution in [-0.2, 0) is 19.9 Å². The lowest BCUT2D eigenvalue weighted by molar-refractivity contribution is 0.171. The zero-order valence-electron chi connectivity index (χ0n) is 15.5. The molecule has 2 aliphatic rings. The van der Waals surface area contributed by atoms with Gasteiger partial charge in [-0.3, -0.25) is 0 Å². The number of hydrogen-bond donors (Lipinski definition) is 0. The van der Waals surface area contributed by atoms with Crippen molar-refractivity contribution in [1.82, 2.24) is 4.31 Å². The first kappa shape index (κ1) is 20.1. The molecule has 2 aromatic rings. The van der Waals surface area contributed by atoms with E-state index in [1.54, 1.807) is 6.07 Å². The first-order chi connectivity index (χ1) is 13.8. The van der Waals surface area contributed by atoms with E-state index in [-0.39, 0.29) is 35.7 Å². The third-order valence-electron chi connectivity index (χ3n) is 5.10. The third kappa shape index (κ3) is 3.84. The minimum Gasteiger partial charge on any atom is -0.486 e. The number of benzene rings is 2. The Morgan fingerprint density at radius 3 is 2.48 bits per heavy atom.